The fourth-order valence-corrected chi connectivity index (χ4v) is 0.910. The SMILES string of the molecule is CCCCCCNC(=O)NC(N)=O.N=C=O.N=C=O.N=C=O. The number of hydrogen-bond donors (Lipinski definition) is 6. The van der Waals surface area contributed by atoms with Gasteiger partial charge in [-0.2, -0.15) is 0 Å². The maximum atomic E-state index is 10.8. The zero-order valence-electron chi connectivity index (χ0n) is 12.2. The van der Waals surface area contributed by atoms with Gasteiger partial charge in [0.25, 0.3) is 0 Å². The molecule has 0 bridgehead atoms. The van der Waals surface area contributed by atoms with Crippen LogP contribution in [-0.4, -0.2) is 36.8 Å². The predicted molar refractivity (Wildman–Crippen MR) is 75.5 cm³/mol. The van der Waals surface area contributed by atoms with Gasteiger partial charge in [0.1, 0.15) is 0 Å². The van der Waals surface area contributed by atoms with Crippen LogP contribution in [0, 0.1) is 16.2 Å². The van der Waals surface area contributed by atoms with E-state index in [9.17, 15) is 9.59 Å². The van der Waals surface area contributed by atoms with Gasteiger partial charge in [-0.25, -0.2) is 40.2 Å². The minimum atomic E-state index is -0.828. The van der Waals surface area contributed by atoms with Gasteiger partial charge in [0.15, 0.2) is 0 Å². The van der Waals surface area contributed by atoms with E-state index in [1.807, 2.05) is 5.32 Å². The Morgan fingerprint density at radius 1 is 0.955 bits per heavy atom. The van der Waals surface area contributed by atoms with Gasteiger partial charge in [-0.15, -0.1) is 0 Å². The molecule has 0 heterocycles. The van der Waals surface area contributed by atoms with Gasteiger partial charge in [-0.3, -0.25) is 5.32 Å². The summed E-state index contributed by atoms with van der Waals surface area (Å²) in [7, 11) is 0. The molecule has 0 unspecified atom stereocenters. The highest BCUT2D eigenvalue weighted by atomic mass is 16.2. The number of isocyanates is 3. The molecule has 11 heteroatoms. The predicted octanol–water partition coefficient (Wildman–Crippen LogP) is 0.648. The van der Waals surface area contributed by atoms with Crippen LogP contribution in [-0.2, 0) is 14.4 Å². The molecule has 0 aromatic heterocycles. The fraction of sp³-hybridized carbons (Fsp3) is 0.545. The molecule has 0 saturated carbocycles. The van der Waals surface area contributed by atoms with Gasteiger partial charge in [-0.1, -0.05) is 26.2 Å². The highest BCUT2D eigenvalue weighted by Gasteiger charge is 2.00. The van der Waals surface area contributed by atoms with E-state index < -0.39 is 12.1 Å². The van der Waals surface area contributed by atoms with Crippen molar-refractivity contribution < 1.29 is 24.0 Å². The molecule has 7 N–H and O–H groups in total. The summed E-state index contributed by atoms with van der Waals surface area (Å²) in [5.41, 5.74) is 4.73. The quantitative estimate of drug-likeness (QED) is 0.244. The lowest BCUT2D eigenvalue weighted by molar-refractivity contribution is 0.231. The number of urea groups is 2. The molecule has 0 atom stereocenters. The number of hydrogen-bond acceptors (Lipinski definition) is 8. The molecular formula is C11H20N6O5. The Morgan fingerprint density at radius 2 is 1.36 bits per heavy atom. The summed E-state index contributed by atoms with van der Waals surface area (Å²) in [6.07, 6.45) is 6.60. The monoisotopic (exact) mass is 316 g/mol. The molecule has 22 heavy (non-hydrogen) atoms. The molecule has 0 rings (SSSR count). The lowest BCUT2D eigenvalue weighted by Crippen LogP contribution is -2.42. The summed E-state index contributed by atoms with van der Waals surface area (Å²) in [5, 5.41) is 20.7. The van der Waals surface area contributed by atoms with Crippen LogP contribution in [0.4, 0.5) is 9.59 Å². The first-order valence-corrected chi connectivity index (χ1v) is 5.87. The number of unbranched alkanes of at least 4 members (excludes halogenated alkanes) is 3. The smallest absolute Gasteiger partial charge is 0.322 e. The molecule has 0 aliphatic heterocycles. The molecule has 0 aliphatic rings. The summed E-state index contributed by atoms with van der Waals surface area (Å²) < 4.78 is 0. The molecule has 0 fully saturated rings. The zero-order chi connectivity index (χ0) is 18.2. The van der Waals surface area contributed by atoms with Crippen molar-refractivity contribution in [3.05, 3.63) is 0 Å². The molecule has 0 aromatic rings. The number of amides is 4. The number of carbonyl (C=O) groups is 2. The van der Waals surface area contributed by atoms with Gasteiger partial charge < -0.3 is 11.1 Å². The van der Waals surface area contributed by atoms with Crippen LogP contribution in [0.1, 0.15) is 32.6 Å². The molecule has 0 spiro atoms. The number of primary amides is 1. The summed E-state index contributed by atoms with van der Waals surface area (Å²) >= 11 is 0. The Balaban J connectivity index is -0.000000148. The summed E-state index contributed by atoms with van der Waals surface area (Å²) in [6.45, 7) is 2.70. The van der Waals surface area contributed by atoms with Crippen LogP contribution in [0.2, 0.25) is 0 Å². The Bertz CT molecular complexity index is 352. The van der Waals surface area contributed by atoms with Crippen molar-refractivity contribution in [1.29, 1.82) is 16.2 Å². The standard InChI is InChI=1S/C8H17N3O2.3CHNO/c1-2-3-4-5-6-10-8(13)11-7(9)12;3*2-1-3/h2-6H2,1H3,(H4,9,10,11,12,13);3*2H. The molecule has 124 valence electrons. The number of carbonyl (C=O) groups excluding carboxylic acids is 5. The van der Waals surface area contributed by atoms with Gasteiger partial charge >= 0.3 is 12.1 Å². The molecule has 0 aromatic carbocycles. The van der Waals surface area contributed by atoms with E-state index in [4.69, 9.17) is 36.3 Å². The van der Waals surface area contributed by atoms with Gasteiger partial charge in [0, 0.05) is 6.54 Å². The van der Waals surface area contributed by atoms with Crippen LogP contribution >= 0.6 is 0 Å². The fourth-order valence-electron chi connectivity index (χ4n) is 0.910. The maximum Gasteiger partial charge on any atom is 0.322 e. The summed E-state index contributed by atoms with van der Waals surface area (Å²) in [6, 6.07) is -1.35. The van der Waals surface area contributed by atoms with Crippen molar-refractivity contribution in [3.8, 4) is 0 Å². The van der Waals surface area contributed by atoms with Crippen molar-refractivity contribution in [2.45, 2.75) is 32.6 Å². The second-order valence-corrected chi connectivity index (χ2v) is 3.11. The molecule has 0 saturated heterocycles. The Labute approximate surface area is 127 Å². The molecule has 0 radical (unpaired) electrons. The van der Waals surface area contributed by atoms with E-state index in [1.165, 1.54) is 6.42 Å². The maximum absolute atomic E-state index is 10.8. The number of imide groups is 1. The average Bonchev–Trinajstić information content (AvgIpc) is 2.40. The van der Waals surface area contributed by atoms with Crippen molar-refractivity contribution in [2.75, 3.05) is 6.54 Å². The average molecular weight is 316 g/mol. The second-order valence-electron chi connectivity index (χ2n) is 3.11. The van der Waals surface area contributed by atoms with E-state index in [-0.39, 0.29) is 0 Å². The topological polar surface area (TPSA) is 207 Å². The van der Waals surface area contributed by atoms with Crippen molar-refractivity contribution in [2.24, 2.45) is 5.73 Å². The van der Waals surface area contributed by atoms with Crippen LogP contribution in [0.5, 0.6) is 0 Å². The van der Waals surface area contributed by atoms with E-state index in [0.29, 0.717) is 6.54 Å². The second kappa shape index (κ2) is 30.7. The first kappa shape index (κ1) is 27.3. The third kappa shape index (κ3) is 68.6. The van der Waals surface area contributed by atoms with Gasteiger partial charge in [0.05, 0.1) is 0 Å². The van der Waals surface area contributed by atoms with Crippen LogP contribution in [0.25, 0.3) is 0 Å². The normalized spacial score (nSPS) is 6.59. The Kier molecular flexibility index (Phi) is 38.1. The first-order chi connectivity index (χ1) is 10.4. The minimum Gasteiger partial charge on any atom is -0.351 e. The van der Waals surface area contributed by atoms with E-state index in [2.05, 4.69) is 12.2 Å². The Morgan fingerprint density at radius 3 is 1.68 bits per heavy atom. The first-order valence-electron chi connectivity index (χ1n) is 5.87. The highest BCUT2D eigenvalue weighted by molar-refractivity contribution is 5.92. The highest BCUT2D eigenvalue weighted by Crippen LogP contribution is 1.96. The van der Waals surface area contributed by atoms with Crippen LogP contribution in [0.15, 0.2) is 0 Å². The number of nitrogens with one attached hydrogen (secondary N) is 5. The largest absolute Gasteiger partial charge is 0.351 e. The third-order valence-corrected chi connectivity index (χ3v) is 1.55. The molecule has 11 nitrogen and oxygen atoms in total. The van der Waals surface area contributed by atoms with Gasteiger partial charge in [0.2, 0.25) is 18.2 Å². The van der Waals surface area contributed by atoms with E-state index >= 15 is 0 Å². The van der Waals surface area contributed by atoms with E-state index in [1.54, 1.807) is 0 Å². The minimum absolute atomic E-state index is 0.524. The lowest BCUT2D eigenvalue weighted by atomic mass is 10.2. The van der Waals surface area contributed by atoms with Crippen molar-refractivity contribution in [1.82, 2.24) is 10.6 Å². The van der Waals surface area contributed by atoms with Crippen LogP contribution < -0.4 is 16.4 Å². The molecule has 0 aliphatic carbocycles. The number of rotatable bonds is 5. The lowest BCUT2D eigenvalue weighted by Gasteiger charge is -2.03. The molecule has 4 amide bonds. The zero-order valence-corrected chi connectivity index (χ0v) is 12.2. The summed E-state index contributed by atoms with van der Waals surface area (Å²) in [4.78, 5) is 46.0. The van der Waals surface area contributed by atoms with Crippen molar-refractivity contribution >= 4 is 30.3 Å². The third-order valence-electron chi connectivity index (χ3n) is 1.55. The van der Waals surface area contributed by atoms with Crippen LogP contribution in [0.3, 0.4) is 0 Å². The van der Waals surface area contributed by atoms with E-state index in [0.717, 1.165) is 37.5 Å². The Hall–Kier alpha value is -3.12. The van der Waals surface area contributed by atoms with Gasteiger partial charge in [-0.05, 0) is 6.42 Å². The summed E-state index contributed by atoms with van der Waals surface area (Å²) in [5.74, 6) is 0. The molecular weight excluding hydrogens is 296 g/mol. The number of nitrogens with two attached hydrogens (primary N) is 1. The van der Waals surface area contributed by atoms with Crippen molar-refractivity contribution in [3.63, 3.8) is 0 Å².